The van der Waals surface area contributed by atoms with Crippen LogP contribution in [0.1, 0.15) is 26.2 Å². The Kier molecular flexibility index (Phi) is 2.50. The highest BCUT2D eigenvalue weighted by atomic mass is 35.5. The molecule has 0 aromatic heterocycles. The Labute approximate surface area is 66.1 Å². The topological polar surface area (TPSA) is 17.1 Å². The van der Waals surface area contributed by atoms with E-state index < -0.39 is 0 Å². The molecule has 56 valence electrons. The van der Waals surface area contributed by atoms with E-state index in [4.69, 9.17) is 11.6 Å². The summed E-state index contributed by atoms with van der Waals surface area (Å²) in [5.74, 6) is 0.649. The lowest BCUT2D eigenvalue weighted by molar-refractivity contribution is -0.105. The molecule has 1 rings (SSSR count). The van der Waals surface area contributed by atoms with Gasteiger partial charge in [0.2, 0.25) is 0 Å². The average molecular weight is 159 g/mol. The van der Waals surface area contributed by atoms with Crippen LogP contribution >= 0.6 is 11.6 Å². The highest BCUT2D eigenvalue weighted by molar-refractivity contribution is 6.31. The molecule has 1 nitrogen and oxygen atoms in total. The Morgan fingerprint density at radius 1 is 1.70 bits per heavy atom. The Balaban J connectivity index is 2.70. The van der Waals surface area contributed by atoms with Crippen LogP contribution in [-0.2, 0) is 4.79 Å². The fraction of sp³-hybridized carbons (Fsp3) is 0.625. The Bertz CT molecular complexity index is 172. The Morgan fingerprint density at radius 2 is 2.40 bits per heavy atom. The summed E-state index contributed by atoms with van der Waals surface area (Å²) in [4.78, 5) is 10.3. The summed E-state index contributed by atoms with van der Waals surface area (Å²) in [6, 6.07) is 0. The normalized spacial score (nSPS) is 26.8. The van der Waals surface area contributed by atoms with Gasteiger partial charge in [-0.2, -0.15) is 0 Å². The van der Waals surface area contributed by atoms with E-state index in [9.17, 15) is 4.79 Å². The van der Waals surface area contributed by atoms with Crippen LogP contribution in [0.4, 0.5) is 0 Å². The molecular formula is C8H11ClO. The van der Waals surface area contributed by atoms with E-state index in [1.165, 1.54) is 0 Å². The van der Waals surface area contributed by atoms with Crippen molar-refractivity contribution < 1.29 is 4.79 Å². The second kappa shape index (κ2) is 3.20. The van der Waals surface area contributed by atoms with Gasteiger partial charge in [-0.3, -0.25) is 4.79 Å². The number of carbonyl (C=O) groups excluding carboxylic acids is 1. The number of carbonyl (C=O) groups is 1. The van der Waals surface area contributed by atoms with Gasteiger partial charge < -0.3 is 0 Å². The van der Waals surface area contributed by atoms with E-state index in [1.54, 1.807) is 0 Å². The van der Waals surface area contributed by atoms with Crippen molar-refractivity contribution in [2.45, 2.75) is 26.2 Å². The highest BCUT2D eigenvalue weighted by Crippen LogP contribution is 2.29. The largest absolute Gasteiger partial charge is 0.298 e. The third-order valence-corrected chi connectivity index (χ3v) is 2.32. The molecular weight excluding hydrogens is 148 g/mol. The second-order valence-corrected chi connectivity index (χ2v) is 3.35. The van der Waals surface area contributed by atoms with Gasteiger partial charge in [0, 0.05) is 10.6 Å². The summed E-state index contributed by atoms with van der Waals surface area (Å²) in [5.41, 5.74) is 0.805. The summed E-state index contributed by atoms with van der Waals surface area (Å²) >= 11 is 5.83. The lowest BCUT2D eigenvalue weighted by Gasteiger charge is -2.17. The number of halogens is 1. The fourth-order valence-corrected chi connectivity index (χ4v) is 1.60. The first-order chi connectivity index (χ1) is 4.74. The zero-order chi connectivity index (χ0) is 7.56. The van der Waals surface area contributed by atoms with Gasteiger partial charge in [0.1, 0.15) is 6.29 Å². The second-order valence-electron chi connectivity index (χ2n) is 2.90. The quantitative estimate of drug-likeness (QED) is 0.536. The molecule has 0 bridgehead atoms. The molecule has 0 fully saturated rings. The summed E-state index contributed by atoms with van der Waals surface area (Å²) in [5, 5.41) is 0.772. The predicted octanol–water partition coefficient (Wildman–Crippen LogP) is 2.50. The van der Waals surface area contributed by atoms with Crippen molar-refractivity contribution in [3.8, 4) is 0 Å². The van der Waals surface area contributed by atoms with Crippen LogP contribution in [0.5, 0.6) is 0 Å². The van der Waals surface area contributed by atoms with Crippen LogP contribution in [-0.4, -0.2) is 6.29 Å². The maximum Gasteiger partial charge on any atom is 0.147 e. The van der Waals surface area contributed by atoms with Crippen LogP contribution in [0.15, 0.2) is 10.6 Å². The number of aldehydes is 1. The molecule has 0 aliphatic heterocycles. The highest BCUT2D eigenvalue weighted by Gasteiger charge is 2.15. The number of allylic oxidation sites excluding steroid dienone is 2. The zero-order valence-corrected chi connectivity index (χ0v) is 6.82. The van der Waals surface area contributed by atoms with Crippen molar-refractivity contribution in [1.82, 2.24) is 0 Å². The predicted molar refractivity (Wildman–Crippen MR) is 42.0 cm³/mol. The van der Waals surface area contributed by atoms with Gasteiger partial charge >= 0.3 is 0 Å². The molecule has 0 radical (unpaired) electrons. The van der Waals surface area contributed by atoms with E-state index in [-0.39, 0.29) is 0 Å². The SMILES string of the molecule is CC1CCC(C=O)=C(Cl)C1. The van der Waals surface area contributed by atoms with E-state index in [0.717, 1.165) is 36.2 Å². The molecule has 1 atom stereocenters. The molecule has 0 heterocycles. The zero-order valence-electron chi connectivity index (χ0n) is 6.06. The van der Waals surface area contributed by atoms with E-state index >= 15 is 0 Å². The van der Waals surface area contributed by atoms with Gasteiger partial charge in [0.25, 0.3) is 0 Å². The summed E-state index contributed by atoms with van der Waals surface area (Å²) in [6.07, 6.45) is 3.73. The first-order valence-corrected chi connectivity index (χ1v) is 3.94. The summed E-state index contributed by atoms with van der Waals surface area (Å²) in [6.45, 7) is 2.16. The van der Waals surface area contributed by atoms with Crippen LogP contribution in [0.3, 0.4) is 0 Å². The van der Waals surface area contributed by atoms with Crippen LogP contribution in [0.25, 0.3) is 0 Å². The van der Waals surface area contributed by atoms with E-state index in [1.807, 2.05) is 0 Å². The maximum atomic E-state index is 10.3. The molecule has 0 amide bonds. The van der Waals surface area contributed by atoms with Crippen LogP contribution in [0.2, 0.25) is 0 Å². The van der Waals surface area contributed by atoms with Crippen molar-refractivity contribution >= 4 is 17.9 Å². The molecule has 1 aliphatic rings. The molecule has 10 heavy (non-hydrogen) atoms. The van der Waals surface area contributed by atoms with Crippen LogP contribution in [0, 0.1) is 5.92 Å². The number of hydrogen-bond acceptors (Lipinski definition) is 1. The Hall–Kier alpha value is -0.300. The summed E-state index contributed by atoms with van der Waals surface area (Å²) in [7, 11) is 0. The lowest BCUT2D eigenvalue weighted by Crippen LogP contribution is -2.05. The van der Waals surface area contributed by atoms with Gasteiger partial charge in [0.15, 0.2) is 0 Å². The average Bonchev–Trinajstić information content (AvgIpc) is 1.88. The molecule has 0 saturated carbocycles. The van der Waals surface area contributed by atoms with Crippen LogP contribution < -0.4 is 0 Å². The van der Waals surface area contributed by atoms with Crippen molar-refractivity contribution in [2.75, 3.05) is 0 Å². The lowest BCUT2D eigenvalue weighted by atomic mass is 9.91. The van der Waals surface area contributed by atoms with E-state index in [0.29, 0.717) is 5.92 Å². The fourth-order valence-electron chi connectivity index (χ4n) is 1.20. The first kappa shape index (κ1) is 7.80. The van der Waals surface area contributed by atoms with Crippen molar-refractivity contribution in [3.05, 3.63) is 10.6 Å². The minimum atomic E-state index is 0.649. The van der Waals surface area contributed by atoms with Gasteiger partial charge in [0.05, 0.1) is 0 Å². The van der Waals surface area contributed by atoms with Crippen molar-refractivity contribution in [2.24, 2.45) is 5.92 Å². The third kappa shape index (κ3) is 1.60. The van der Waals surface area contributed by atoms with Gasteiger partial charge in [-0.25, -0.2) is 0 Å². The minimum absolute atomic E-state index is 0.649. The minimum Gasteiger partial charge on any atom is -0.298 e. The molecule has 2 heteroatoms. The molecule has 0 spiro atoms. The van der Waals surface area contributed by atoms with Crippen molar-refractivity contribution in [1.29, 1.82) is 0 Å². The maximum absolute atomic E-state index is 10.3. The monoisotopic (exact) mass is 158 g/mol. The molecule has 1 aliphatic carbocycles. The Morgan fingerprint density at radius 3 is 2.90 bits per heavy atom. The van der Waals surface area contributed by atoms with Gasteiger partial charge in [-0.05, 0) is 25.2 Å². The standard InChI is InChI=1S/C8H11ClO/c1-6-2-3-7(5-10)8(9)4-6/h5-6H,2-4H2,1H3. The number of hydrogen-bond donors (Lipinski definition) is 0. The smallest absolute Gasteiger partial charge is 0.147 e. The van der Waals surface area contributed by atoms with E-state index in [2.05, 4.69) is 6.92 Å². The molecule has 0 N–H and O–H groups in total. The molecule has 0 aromatic carbocycles. The van der Waals surface area contributed by atoms with Crippen molar-refractivity contribution in [3.63, 3.8) is 0 Å². The molecule has 0 aromatic rings. The van der Waals surface area contributed by atoms with Gasteiger partial charge in [-0.15, -0.1) is 0 Å². The van der Waals surface area contributed by atoms with Gasteiger partial charge in [-0.1, -0.05) is 18.5 Å². The molecule has 1 unspecified atom stereocenters. The third-order valence-electron chi connectivity index (χ3n) is 1.92. The molecule has 0 saturated heterocycles. The summed E-state index contributed by atoms with van der Waals surface area (Å²) < 4.78 is 0. The first-order valence-electron chi connectivity index (χ1n) is 3.56. The number of rotatable bonds is 1.